The number of thiophene rings is 1. The van der Waals surface area contributed by atoms with Crippen molar-refractivity contribution in [2.75, 3.05) is 13.1 Å². The zero-order valence-corrected chi connectivity index (χ0v) is 12.7. The number of hydrogen-bond donors (Lipinski definition) is 2. The average molecular weight is 307 g/mol. The van der Waals surface area contributed by atoms with Gasteiger partial charge in [0.1, 0.15) is 0 Å². The van der Waals surface area contributed by atoms with E-state index in [-0.39, 0.29) is 17.9 Å². The number of likely N-dealkylation sites (tertiary alicyclic amines) is 1. The summed E-state index contributed by atoms with van der Waals surface area (Å²) in [6.07, 6.45) is 1.67. The summed E-state index contributed by atoms with van der Waals surface area (Å²) in [7, 11) is 0. The second-order valence-electron chi connectivity index (χ2n) is 5.48. The Morgan fingerprint density at radius 3 is 2.86 bits per heavy atom. The first-order chi connectivity index (χ1) is 10.1. The van der Waals surface area contributed by atoms with E-state index in [1.165, 1.54) is 4.90 Å². The van der Waals surface area contributed by atoms with Gasteiger partial charge in [-0.2, -0.15) is 0 Å². The Kier molecular flexibility index (Phi) is 4.03. The van der Waals surface area contributed by atoms with Crippen LogP contribution in [0, 0.1) is 5.92 Å². The van der Waals surface area contributed by atoms with Gasteiger partial charge in [0, 0.05) is 18.8 Å². The monoisotopic (exact) mass is 307 g/mol. The number of amides is 1. The minimum absolute atomic E-state index is 0.0188. The van der Waals surface area contributed by atoms with E-state index in [2.05, 4.69) is 17.1 Å². The summed E-state index contributed by atoms with van der Waals surface area (Å²) in [5.41, 5.74) is 5.37. The molecule has 1 saturated heterocycles. The first-order valence-electron chi connectivity index (χ1n) is 7.16. The molecule has 1 atom stereocenters. The number of carbonyl (C=O) groups excluding carboxylic acids is 1. The van der Waals surface area contributed by atoms with Crippen LogP contribution in [0.1, 0.15) is 31.7 Å². The van der Waals surface area contributed by atoms with Crippen molar-refractivity contribution in [3.63, 3.8) is 0 Å². The van der Waals surface area contributed by atoms with Crippen molar-refractivity contribution in [1.29, 1.82) is 0 Å². The van der Waals surface area contributed by atoms with Crippen LogP contribution in [-0.2, 0) is 4.79 Å². The molecule has 7 heteroatoms. The van der Waals surface area contributed by atoms with Crippen molar-refractivity contribution in [2.45, 2.75) is 25.8 Å². The number of nitrogens with two attached hydrogens (primary N) is 1. The summed E-state index contributed by atoms with van der Waals surface area (Å²) in [6.45, 7) is 3.91. The van der Waals surface area contributed by atoms with Crippen LogP contribution in [0.4, 0.5) is 0 Å². The lowest BCUT2D eigenvalue weighted by Crippen LogP contribution is -3.13. The molecule has 21 heavy (non-hydrogen) atoms. The van der Waals surface area contributed by atoms with E-state index in [4.69, 9.17) is 10.2 Å². The van der Waals surface area contributed by atoms with E-state index in [1.807, 2.05) is 17.5 Å². The summed E-state index contributed by atoms with van der Waals surface area (Å²) in [4.78, 5) is 13.6. The number of nitrogens with one attached hydrogen (secondary N) is 1. The molecule has 0 aromatic carbocycles. The number of aromatic nitrogens is 2. The molecule has 6 nitrogen and oxygen atoms in total. The molecule has 3 N–H and O–H groups in total. The number of rotatable bonds is 4. The van der Waals surface area contributed by atoms with Crippen LogP contribution in [0.5, 0.6) is 0 Å². The van der Waals surface area contributed by atoms with E-state index >= 15 is 0 Å². The summed E-state index contributed by atoms with van der Waals surface area (Å²) in [5.74, 6) is 1.08. The van der Waals surface area contributed by atoms with Crippen LogP contribution in [0.3, 0.4) is 0 Å². The highest BCUT2D eigenvalue weighted by molar-refractivity contribution is 7.13. The van der Waals surface area contributed by atoms with Crippen molar-refractivity contribution in [1.82, 2.24) is 10.2 Å². The molecule has 0 bridgehead atoms. The van der Waals surface area contributed by atoms with Crippen molar-refractivity contribution < 1.29 is 14.1 Å². The van der Waals surface area contributed by atoms with Gasteiger partial charge < -0.3 is 15.1 Å². The molecule has 0 saturated carbocycles. The van der Waals surface area contributed by atoms with E-state index in [1.54, 1.807) is 11.3 Å². The Hall–Kier alpha value is -1.73. The quantitative estimate of drug-likeness (QED) is 0.868. The number of hydrogen-bond acceptors (Lipinski definition) is 5. The van der Waals surface area contributed by atoms with Crippen LogP contribution in [0.25, 0.3) is 10.8 Å². The number of quaternary nitrogens is 1. The standard InChI is InChI=1S/C14H18N4O2S/c1-9(18-6-4-10(5-7-18)12(15)19)13-16-17-14(20-13)11-3-2-8-21-11/h2-3,8-10H,4-7H2,1H3,(H2,15,19)/p+1/t9-/m1/s1. The van der Waals surface area contributed by atoms with Crippen LogP contribution >= 0.6 is 11.3 Å². The van der Waals surface area contributed by atoms with Gasteiger partial charge in [0.15, 0.2) is 6.04 Å². The van der Waals surface area contributed by atoms with Crippen molar-refractivity contribution in [3.05, 3.63) is 23.4 Å². The summed E-state index contributed by atoms with van der Waals surface area (Å²) in [5, 5.41) is 10.3. The van der Waals surface area contributed by atoms with Crippen LogP contribution in [-0.4, -0.2) is 29.2 Å². The lowest BCUT2D eigenvalue weighted by atomic mass is 9.95. The predicted octanol–water partition coefficient (Wildman–Crippen LogP) is 0.639. The molecular weight excluding hydrogens is 288 g/mol. The van der Waals surface area contributed by atoms with E-state index in [0.29, 0.717) is 11.8 Å². The lowest BCUT2D eigenvalue weighted by Gasteiger charge is -2.30. The molecule has 0 spiro atoms. The molecule has 0 aliphatic carbocycles. The third kappa shape index (κ3) is 2.98. The minimum atomic E-state index is -0.181. The molecule has 1 aliphatic heterocycles. The third-order valence-corrected chi connectivity index (χ3v) is 5.04. The largest absolute Gasteiger partial charge is 0.414 e. The summed E-state index contributed by atoms with van der Waals surface area (Å²) in [6, 6.07) is 4.07. The smallest absolute Gasteiger partial charge is 0.274 e. The number of nitrogens with zero attached hydrogens (tertiary/aromatic N) is 2. The fourth-order valence-corrected chi connectivity index (χ4v) is 3.43. The molecule has 1 aliphatic rings. The zero-order chi connectivity index (χ0) is 14.8. The number of piperidine rings is 1. The molecule has 0 radical (unpaired) electrons. The first kappa shape index (κ1) is 14.2. The van der Waals surface area contributed by atoms with Gasteiger partial charge in [-0.15, -0.1) is 21.5 Å². The molecule has 1 fully saturated rings. The normalized spacial score (nSPS) is 23.9. The van der Waals surface area contributed by atoms with Gasteiger partial charge in [-0.3, -0.25) is 4.79 Å². The molecule has 2 aromatic rings. The van der Waals surface area contributed by atoms with Gasteiger partial charge in [-0.05, 0) is 18.4 Å². The maximum Gasteiger partial charge on any atom is 0.274 e. The van der Waals surface area contributed by atoms with E-state index < -0.39 is 0 Å². The molecule has 1 amide bonds. The second-order valence-corrected chi connectivity index (χ2v) is 6.43. The van der Waals surface area contributed by atoms with Gasteiger partial charge in [-0.1, -0.05) is 6.07 Å². The zero-order valence-electron chi connectivity index (χ0n) is 11.9. The molecule has 2 aromatic heterocycles. The summed E-state index contributed by atoms with van der Waals surface area (Å²) >= 11 is 1.59. The second kappa shape index (κ2) is 5.95. The SMILES string of the molecule is C[C@H](c1nnc(-c2cccs2)o1)[NH+]1CCC(C(N)=O)CC1. The van der Waals surface area contributed by atoms with Gasteiger partial charge in [0.05, 0.1) is 18.0 Å². The Labute approximate surface area is 127 Å². The third-order valence-electron chi connectivity index (χ3n) is 4.19. The van der Waals surface area contributed by atoms with Crippen LogP contribution in [0.2, 0.25) is 0 Å². The molecule has 3 heterocycles. The Balaban J connectivity index is 1.66. The van der Waals surface area contributed by atoms with Crippen LogP contribution in [0.15, 0.2) is 21.9 Å². The maximum atomic E-state index is 11.2. The van der Waals surface area contributed by atoms with Crippen molar-refractivity contribution >= 4 is 17.2 Å². The fraction of sp³-hybridized carbons (Fsp3) is 0.500. The minimum Gasteiger partial charge on any atom is -0.414 e. The van der Waals surface area contributed by atoms with E-state index in [9.17, 15) is 4.79 Å². The molecular formula is C14H19N4O2S+. The average Bonchev–Trinajstić information content (AvgIpc) is 3.17. The van der Waals surface area contributed by atoms with Crippen LogP contribution < -0.4 is 10.6 Å². The Bertz CT molecular complexity index is 602. The van der Waals surface area contributed by atoms with Crippen molar-refractivity contribution in [3.8, 4) is 10.8 Å². The van der Waals surface area contributed by atoms with Gasteiger partial charge in [0.25, 0.3) is 11.8 Å². The van der Waals surface area contributed by atoms with Gasteiger partial charge in [0.2, 0.25) is 5.91 Å². The van der Waals surface area contributed by atoms with Gasteiger partial charge >= 0.3 is 0 Å². The maximum absolute atomic E-state index is 11.2. The molecule has 112 valence electrons. The topological polar surface area (TPSA) is 86.4 Å². The lowest BCUT2D eigenvalue weighted by molar-refractivity contribution is -0.936. The highest BCUT2D eigenvalue weighted by atomic mass is 32.1. The number of primary amides is 1. The highest BCUT2D eigenvalue weighted by Gasteiger charge is 2.32. The number of carbonyl (C=O) groups is 1. The highest BCUT2D eigenvalue weighted by Crippen LogP contribution is 2.24. The Morgan fingerprint density at radius 1 is 1.48 bits per heavy atom. The van der Waals surface area contributed by atoms with Gasteiger partial charge in [-0.25, -0.2) is 0 Å². The molecule has 0 unspecified atom stereocenters. The predicted molar refractivity (Wildman–Crippen MR) is 78.6 cm³/mol. The fourth-order valence-electron chi connectivity index (χ4n) is 2.79. The summed E-state index contributed by atoms with van der Waals surface area (Å²) < 4.78 is 5.79. The first-order valence-corrected chi connectivity index (χ1v) is 8.04. The Morgan fingerprint density at radius 2 is 2.24 bits per heavy atom. The van der Waals surface area contributed by atoms with Crippen molar-refractivity contribution in [2.24, 2.45) is 11.7 Å². The van der Waals surface area contributed by atoms with E-state index in [0.717, 1.165) is 30.8 Å². The molecule has 3 rings (SSSR count).